The van der Waals surface area contributed by atoms with Gasteiger partial charge >= 0.3 is 5.97 Å². The second-order valence-corrected chi connectivity index (χ2v) is 6.73. The molecular formula is C22H26N2O6. The zero-order valence-electron chi connectivity index (χ0n) is 17.1. The summed E-state index contributed by atoms with van der Waals surface area (Å²) >= 11 is 0. The lowest BCUT2D eigenvalue weighted by Crippen LogP contribution is -2.36. The Labute approximate surface area is 175 Å². The van der Waals surface area contributed by atoms with Gasteiger partial charge in [0, 0.05) is 24.5 Å². The van der Waals surface area contributed by atoms with Crippen molar-refractivity contribution >= 4 is 23.3 Å². The molecule has 0 unspecified atom stereocenters. The first-order valence-corrected chi connectivity index (χ1v) is 9.75. The third-order valence-electron chi connectivity index (χ3n) is 4.60. The van der Waals surface area contributed by atoms with Crippen LogP contribution < -0.4 is 19.7 Å². The van der Waals surface area contributed by atoms with E-state index in [9.17, 15) is 9.59 Å². The van der Waals surface area contributed by atoms with Crippen LogP contribution in [0.4, 0.5) is 11.4 Å². The van der Waals surface area contributed by atoms with Crippen LogP contribution in [-0.2, 0) is 19.1 Å². The molecule has 0 spiro atoms. The minimum absolute atomic E-state index is 0.293. The fourth-order valence-electron chi connectivity index (χ4n) is 2.92. The maximum atomic E-state index is 12.3. The summed E-state index contributed by atoms with van der Waals surface area (Å²) in [6.07, 6.45) is -0.948. The average Bonchev–Trinajstić information content (AvgIpc) is 2.79. The lowest BCUT2D eigenvalue weighted by Gasteiger charge is -2.28. The van der Waals surface area contributed by atoms with Gasteiger partial charge in [0.15, 0.2) is 12.7 Å². The molecule has 8 heteroatoms. The predicted molar refractivity (Wildman–Crippen MR) is 112 cm³/mol. The second-order valence-electron chi connectivity index (χ2n) is 6.73. The summed E-state index contributed by atoms with van der Waals surface area (Å²) < 4.78 is 20.9. The molecule has 1 heterocycles. The Morgan fingerprint density at radius 3 is 2.30 bits per heavy atom. The number of anilines is 2. The lowest BCUT2D eigenvalue weighted by atomic mass is 10.2. The number of rotatable bonds is 8. The molecule has 2 aromatic carbocycles. The highest BCUT2D eigenvalue weighted by atomic mass is 16.6. The Hall–Kier alpha value is -3.26. The van der Waals surface area contributed by atoms with Gasteiger partial charge in [-0.25, -0.2) is 4.79 Å². The number of esters is 1. The van der Waals surface area contributed by atoms with Gasteiger partial charge < -0.3 is 29.2 Å². The fourth-order valence-corrected chi connectivity index (χ4v) is 2.92. The van der Waals surface area contributed by atoms with Gasteiger partial charge in [-0.05, 0) is 55.5 Å². The summed E-state index contributed by atoms with van der Waals surface area (Å²) in [5.74, 6) is 0.154. The maximum absolute atomic E-state index is 12.3. The quantitative estimate of drug-likeness (QED) is 0.664. The molecule has 2 aromatic rings. The van der Waals surface area contributed by atoms with Gasteiger partial charge in [-0.15, -0.1) is 0 Å². The molecule has 8 nitrogen and oxygen atoms in total. The van der Waals surface area contributed by atoms with E-state index in [0.717, 1.165) is 18.8 Å². The molecule has 0 bridgehead atoms. The van der Waals surface area contributed by atoms with Crippen LogP contribution in [0.1, 0.15) is 6.92 Å². The normalized spacial score (nSPS) is 14.5. The standard InChI is InChI=1S/C22H26N2O6/c1-16(30-21(25)15-29-20-9-7-19(27-2)8-10-20)22(26)23-17-3-5-18(6-4-17)24-11-13-28-14-12-24/h3-10,16H,11-15H2,1-2H3,(H,23,26)/t16-/m1/s1. The number of hydrogen-bond acceptors (Lipinski definition) is 7. The zero-order valence-corrected chi connectivity index (χ0v) is 17.1. The second kappa shape index (κ2) is 10.5. The maximum Gasteiger partial charge on any atom is 0.344 e. The Kier molecular flexibility index (Phi) is 7.51. The molecule has 160 valence electrons. The summed E-state index contributed by atoms with van der Waals surface area (Å²) in [6.45, 7) is 4.34. The molecule has 1 saturated heterocycles. The third-order valence-corrected chi connectivity index (χ3v) is 4.60. The predicted octanol–water partition coefficient (Wildman–Crippen LogP) is 2.48. The molecule has 1 N–H and O–H groups in total. The number of carbonyl (C=O) groups is 2. The van der Waals surface area contributed by atoms with Crippen LogP contribution in [0.3, 0.4) is 0 Å². The van der Waals surface area contributed by atoms with Crippen molar-refractivity contribution in [3.8, 4) is 11.5 Å². The Morgan fingerprint density at radius 2 is 1.67 bits per heavy atom. The monoisotopic (exact) mass is 414 g/mol. The molecule has 1 aliphatic rings. The number of amides is 1. The van der Waals surface area contributed by atoms with Gasteiger partial charge in [-0.3, -0.25) is 4.79 Å². The van der Waals surface area contributed by atoms with Crippen LogP contribution in [0, 0.1) is 0 Å². The van der Waals surface area contributed by atoms with Crippen molar-refractivity contribution in [1.82, 2.24) is 0 Å². The van der Waals surface area contributed by atoms with Crippen molar-refractivity contribution in [2.45, 2.75) is 13.0 Å². The first kappa shape index (κ1) is 21.4. The van der Waals surface area contributed by atoms with Gasteiger partial charge in [0.25, 0.3) is 5.91 Å². The van der Waals surface area contributed by atoms with E-state index in [2.05, 4.69) is 10.2 Å². The Bertz CT molecular complexity index is 832. The Morgan fingerprint density at radius 1 is 1.03 bits per heavy atom. The van der Waals surface area contributed by atoms with Crippen molar-refractivity contribution in [1.29, 1.82) is 0 Å². The third kappa shape index (κ3) is 6.12. The highest BCUT2D eigenvalue weighted by Gasteiger charge is 2.19. The van der Waals surface area contributed by atoms with Crippen LogP contribution in [0.25, 0.3) is 0 Å². The number of ether oxygens (including phenoxy) is 4. The molecule has 0 saturated carbocycles. The van der Waals surface area contributed by atoms with E-state index in [1.165, 1.54) is 6.92 Å². The van der Waals surface area contributed by atoms with Gasteiger partial charge in [-0.1, -0.05) is 0 Å². The van der Waals surface area contributed by atoms with E-state index in [0.29, 0.717) is 30.4 Å². The molecule has 0 aromatic heterocycles. The molecule has 3 rings (SSSR count). The molecule has 30 heavy (non-hydrogen) atoms. The van der Waals surface area contributed by atoms with Crippen LogP contribution in [0.2, 0.25) is 0 Å². The van der Waals surface area contributed by atoms with E-state index in [-0.39, 0.29) is 6.61 Å². The topological polar surface area (TPSA) is 86.3 Å². The highest BCUT2D eigenvalue weighted by molar-refractivity contribution is 5.95. The molecule has 1 atom stereocenters. The SMILES string of the molecule is COc1ccc(OCC(=O)O[C@H](C)C(=O)Nc2ccc(N3CCOCC3)cc2)cc1. The van der Waals surface area contributed by atoms with Crippen molar-refractivity contribution in [2.75, 3.05) is 50.2 Å². The first-order chi connectivity index (χ1) is 14.5. The molecule has 0 aliphatic carbocycles. The van der Waals surface area contributed by atoms with Gasteiger partial charge in [-0.2, -0.15) is 0 Å². The summed E-state index contributed by atoms with van der Waals surface area (Å²) in [4.78, 5) is 26.5. The van der Waals surface area contributed by atoms with E-state index in [1.807, 2.05) is 24.3 Å². The number of hydrogen-bond donors (Lipinski definition) is 1. The number of carbonyl (C=O) groups excluding carboxylic acids is 2. The number of benzene rings is 2. The van der Waals surface area contributed by atoms with Gasteiger partial charge in [0.2, 0.25) is 0 Å². The van der Waals surface area contributed by atoms with E-state index in [4.69, 9.17) is 18.9 Å². The number of morpholine rings is 1. The van der Waals surface area contributed by atoms with Crippen LogP contribution in [-0.4, -0.2) is 58.0 Å². The Balaban J connectivity index is 1.43. The molecular weight excluding hydrogens is 388 g/mol. The fraction of sp³-hybridized carbons (Fsp3) is 0.364. The van der Waals surface area contributed by atoms with Crippen molar-refractivity contribution in [3.05, 3.63) is 48.5 Å². The zero-order chi connectivity index (χ0) is 21.3. The lowest BCUT2D eigenvalue weighted by molar-refractivity contribution is -0.155. The van der Waals surface area contributed by atoms with Gasteiger partial charge in [0.05, 0.1) is 20.3 Å². The number of nitrogens with zero attached hydrogens (tertiary/aromatic N) is 1. The van der Waals surface area contributed by atoms with Crippen molar-refractivity contribution in [3.63, 3.8) is 0 Å². The molecule has 0 radical (unpaired) electrons. The minimum Gasteiger partial charge on any atom is -0.497 e. The minimum atomic E-state index is -0.948. The van der Waals surface area contributed by atoms with Crippen LogP contribution in [0.5, 0.6) is 11.5 Å². The van der Waals surface area contributed by atoms with E-state index in [1.54, 1.807) is 31.4 Å². The molecule has 1 amide bonds. The van der Waals surface area contributed by atoms with Crippen molar-refractivity contribution in [2.24, 2.45) is 0 Å². The van der Waals surface area contributed by atoms with E-state index >= 15 is 0 Å². The first-order valence-electron chi connectivity index (χ1n) is 9.75. The average molecular weight is 414 g/mol. The summed E-state index contributed by atoms with van der Waals surface area (Å²) in [5, 5.41) is 2.75. The van der Waals surface area contributed by atoms with Gasteiger partial charge in [0.1, 0.15) is 11.5 Å². The number of methoxy groups -OCH3 is 1. The summed E-state index contributed by atoms with van der Waals surface area (Å²) in [7, 11) is 1.57. The largest absolute Gasteiger partial charge is 0.497 e. The summed E-state index contributed by atoms with van der Waals surface area (Å²) in [5.41, 5.74) is 1.71. The number of nitrogens with one attached hydrogen (secondary N) is 1. The summed E-state index contributed by atoms with van der Waals surface area (Å²) in [6, 6.07) is 14.3. The smallest absolute Gasteiger partial charge is 0.344 e. The van der Waals surface area contributed by atoms with Crippen LogP contribution >= 0.6 is 0 Å². The van der Waals surface area contributed by atoms with Crippen LogP contribution in [0.15, 0.2) is 48.5 Å². The molecule has 1 fully saturated rings. The van der Waals surface area contributed by atoms with Crippen molar-refractivity contribution < 1.29 is 28.5 Å². The molecule has 1 aliphatic heterocycles. The highest BCUT2D eigenvalue weighted by Crippen LogP contribution is 2.19. The van der Waals surface area contributed by atoms with E-state index < -0.39 is 18.0 Å².